The van der Waals surface area contributed by atoms with E-state index in [2.05, 4.69) is 46.3 Å². The van der Waals surface area contributed by atoms with Crippen LogP contribution in [0, 0.1) is 0 Å². The Bertz CT molecular complexity index is 1240. The second kappa shape index (κ2) is 12.3. The van der Waals surface area contributed by atoms with Gasteiger partial charge in [0, 0.05) is 25.0 Å². The Labute approximate surface area is 229 Å². The van der Waals surface area contributed by atoms with Gasteiger partial charge in [-0.1, -0.05) is 39.3 Å². The maximum atomic E-state index is 12.2. The second-order valence-electron chi connectivity index (χ2n) is 11.3. The van der Waals surface area contributed by atoms with Crippen LogP contribution in [0.3, 0.4) is 0 Å². The van der Waals surface area contributed by atoms with E-state index in [1.54, 1.807) is 16.8 Å². The average molecular weight is 540 g/mol. The summed E-state index contributed by atoms with van der Waals surface area (Å²) >= 11 is 0. The molecule has 0 aliphatic carbocycles. The van der Waals surface area contributed by atoms with Crippen molar-refractivity contribution in [3.8, 4) is 0 Å². The fourth-order valence-electron chi connectivity index (χ4n) is 4.76. The summed E-state index contributed by atoms with van der Waals surface area (Å²) in [4.78, 5) is 22.8. The van der Waals surface area contributed by atoms with Gasteiger partial charge in [-0.15, -0.1) is 0 Å². The van der Waals surface area contributed by atoms with Gasteiger partial charge < -0.3 is 36.2 Å². The zero-order chi connectivity index (χ0) is 28.2. The van der Waals surface area contributed by atoms with Crippen LogP contribution in [0.5, 0.6) is 0 Å². The van der Waals surface area contributed by atoms with Crippen molar-refractivity contribution in [1.29, 1.82) is 0 Å². The maximum absolute atomic E-state index is 12.2. The number of rotatable bonds is 10. The largest absolute Gasteiger partial charge is 0.397 e. The lowest BCUT2D eigenvalue weighted by Crippen LogP contribution is -2.38. The molecule has 11 nitrogen and oxygen atoms in total. The molecule has 1 aromatic carbocycles. The topological polar surface area (TPSA) is 151 Å². The van der Waals surface area contributed by atoms with E-state index in [9.17, 15) is 15.0 Å². The molecule has 0 bridgehead atoms. The van der Waals surface area contributed by atoms with Gasteiger partial charge in [0.25, 0.3) is 0 Å². The fourth-order valence-corrected chi connectivity index (χ4v) is 4.76. The normalized spacial score (nSPS) is 21.5. The molecule has 3 heterocycles. The molecule has 0 saturated carbocycles. The van der Waals surface area contributed by atoms with E-state index < -0.39 is 24.5 Å². The standard InChI is InChI=1S/C28H41N7O4/c1-28(2,3)18-8-10-19(11-9-18)33-27(38)31-13-6-5-7-15-34(4)16-21-23(36)24(37)26(39-21)35-17-32-22-20(29)12-14-30-25(22)35/h8-12,14,17,21,23-24,26,36-37H,5-7,13,15-16H2,1-4H3,(H2,29,30)(H2,31,33,38)/t21-,23-,24-,26-/m1/s1. The number of likely N-dealkylation sites (N-methyl/N-ethyl adjacent to an activating group) is 1. The average Bonchev–Trinajstić information content (AvgIpc) is 3.43. The molecule has 1 saturated heterocycles. The van der Waals surface area contributed by atoms with Gasteiger partial charge in [-0.2, -0.15) is 0 Å². The summed E-state index contributed by atoms with van der Waals surface area (Å²) in [6.45, 7) is 8.32. The highest BCUT2D eigenvalue weighted by molar-refractivity contribution is 5.89. The first-order chi connectivity index (χ1) is 18.5. The van der Waals surface area contributed by atoms with Crippen molar-refractivity contribution < 1.29 is 19.7 Å². The monoisotopic (exact) mass is 539 g/mol. The number of urea groups is 1. The van der Waals surface area contributed by atoms with E-state index in [1.807, 2.05) is 31.3 Å². The molecule has 4 atom stereocenters. The number of hydrogen-bond donors (Lipinski definition) is 5. The highest BCUT2D eigenvalue weighted by Gasteiger charge is 2.44. The predicted octanol–water partition coefficient (Wildman–Crippen LogP) is 2.85. The van der Waals surface area contributed by atoms with Crippen molar-refractivity contribution in [3.05, 3.63) is 48.4 Å². The minimum absolute atomic E-state index is 0.0749. The van der Waals surface area contributed by atoms with Crippen LogP contribution >= 0.6 is 0 Å². The van der Waals surface area contributed by atoms with E-state index >= 15 is 0 Å². The summed E-state index contributed by atoms with van der Waals surface area (Å²) in [6.07, 6.45) is 2.32. The van der Waals surface area contributed by atoms with Crippen LogP contribution in [0.15, 0.2) is 42.9 Å². The number of unbranched alkanes of at least 4 members (excludes halogenated alkanes) is 2. The van der Waals surface area contributed by atoms with Crippen LogP contribution in [-0.4, -0.2) is 80.7 Å². The van der Waals surface area contributed by atoms with Crippen LogP contribution in [0.25, 0.3) is 11.2 Å². The van der Waals surface area contributed by atoms with Gasteiger partial charge in [0.1, 0.15) is 23.8 Å². The van der Waals surface area contributed by atoms with Gasteiger partial charge in [-0.3, -0.25) is 4.57 Å². The number of fused-ring (bicyclic) bond motifs is 1. The second-order valence-corrected chi connectivity index (χ2v) is 11.3. The first-order valence-corrected chi connectivity index (χ1v) is 13.5. The summed E-state index contributed by atoms with van der Waals surface area (Å²) < 4.78 is 7.65. The minimum atomic E-state index is -1.11. The number of carbonyl (C=O) groups is 1. The van der Waals surface area contributed by atoms with Crippen LogP contribution in [0.2, 0.25) is 0 Å². The van der Waals surface area contributed by atoms with E-state index in [0.29, 0.717) is 29.9 Å². The number of nitrogens with zero attached hydrogens (tertiary/aromatic N) is 4. The first kappa shape index (κ1) is 28.8. The minimum Gasteiger partial charge on any atom is -0.397 e. The molecule has 3 aromatic rings. The number of carbonyl (C=O) groups excluding carboxylic acids is 1. The lowest BCUT2D eigenvalue weighted by molar-refractivity contribution is -0.0422. The molecule has 11 heteroatoms. The third-order valence-electron chi connectivity index (χ3n) is 7.11. The predicted molar refractivity (Wildman–Crippen MR) is 151 cm³/mol. The fraction of sp³-hybridized carbons (Fsp3) is 0.536. The molecule has 2 amide bonds. The number of anilines is 2. The molecule has 39 heavy (non-hydrogen) atoms. The van der Waals surface area contributed by atoms with Gasteiger partial charge >= 0.3 is 6.03 Å². The summed E-state index contributed by atoms with van der Waals surface area (Å²) in [7, 11) is 1.96. The number of imidazole rings is 1. The van der Waals surface area contributed by atoms with E-state index in [1.165, 1.54) is 11.9 Å². The smallest absolute Gasteiger partial charge is 0.319 e. The molecule has 0 radical (unpaired) electrons. The first-order valence-electron chi connectivity index (χ1n) is 13.5. The molecule has 6 N–H and O–H groups in total. The van der Waals surface area contributed by atoms with Crippen LogP contribution in [0.4, 0.5) is 16.2 Å². The number of pyridine rings is 1. The van der Waals surface area contributed by atoms with Crippen molar-refractivity contribution in [2.75, 3.05) is 37.7 Å². The maximum Gasteiger partial charge on any atom is 0.319 e. The van der Waals surface area contributed by atoms with Crippen LogP contribution < -0.4 is 16.4 Å². The lowest BCUT2D eigenvalue weighted by Gasteiger charge is -2.22. The summed E-state index contributed by atoms with van der Waals surface area (Å²) in [5.74, 6) is 0. The number of aromatic nitrogens is 3. The number of benzene rings is 1. The Morgan fingerprint density at radius 2 is 1.85 bits per heavy atom. The van der Waals surface area contributed by atoms with Gasteiger partial charge in [0.05, 0.1) is 12.0 Å². The summed E-state index contributed by atoms with van der Waals surface area (Å²) in [6, 6.07) is 9.38. The molecule has 0 spiro atoms. The molecule has 1 fully saturated rings. The number of nitrogens with two attached hydrogens (primary N) is 1. The van der Waals surface area contributed by atoms with Gasteiger partial charge in [-0.05, 0) is 55.6 Å². The third-order valence-corrected chi connectivity index (χ3v) is 7.11. The number of amides is 2. The van der Waals surface area contributed by atoms with Gasteiger partial charge in [-0.25, -0.2) is 14.8 Å². The zero-order valence-electron chi connectivity index (χ0n) is 23.2. The van der Waals surface area contributed by atoms with Crippen molar-refractivity contribution >= 4 is 28.6 Å². The molecule has 212 valence electrons. The number of ether oxygens (including phenoxy) is 1. The van der Waals surface area contributed by atoms with E-state index in [0.717, 1.165) is 31.5 Å². The highest BCUT2D eigenvalue weighted by Crippen LogP contribution is 2.32. The molecule has 2 aromatic heterocycles. The van der Waals surface area contributed by atoms with Crippen molar-refractivity contribution in [1.82, 2.24) is 24.8 Å². The quantitative estimate of drug-likeness (QED) is 0.247. The van der Waals surface area contributed by atoms with Crippen molar-refractivity contribution in [2.24, 2.45) is 0 Å². The van der Waals surface area contributed by atoms with Crippen LogP contribution in [0.1, 0.15) is 51.8 Å². The third kappa shape index (κ3) is 7.04. The Morgan fingerprint density at radius 1 is 1.10 bits per heavy atom. The Balaban J connectivity index is 1.14. The lowest BCUT2D eigenvalue weighted by atomic mass is 9.87. The zero-order valence-corrected chi connectivity index (χ0v) is 23.2. The molecule has 0 unspecified atom stereocenters. The number of aliphatic hydroxyl groups is 2. The number of nitrogen functional groups attached to an aromatic ring is 1. The van der Waals surface area contributed by atoms with Crippen molar-refractivity contribution in [2.45, 2.75) is 70.0 Å². The van der Waals surface area contributed by atoms with E-state index in [-0.39, 0.29) is 11.4 Å². The SMILES string of the molecule is CN(CCCCCNC(=O)Nc1ccc(C(C)(C)C)cc1)C[C@H]1O[C@@H](n2cnc3c(N)ccnc32)[C@H](O)[C@@H]1O. The van der Waals surface area contributed by atoms with Crippen molar-refractivity contribution in [3.63, 3.8) is 0 Å². The number of hydrogen-bond acceptors (Lipinski definition) is 8. The van der Waals surface area contributed by atoms with E-state index in [4.69, 9.17) is 10.5 Å². The number of nitrogens with one attached hydrogen (secondary N) is 2. The summed E-state index contributed by atoms with van der Waals surface area (Å²) in [5, 5.41) is 27.1. The summed E-state index contributed by atoms with van der Waals surface area (Å²) in [5.41, 5.74) is 9.55. The highest BCUT2D eigenvalue weighted by atomic mass is 16.6. The molecular weight excluding hydrogens is 498 g/mol. The number of aliphatic hydroxyl groups excluding tert-OH is 2. The Kier molecular flexibility index (Phi) is 9.06. The molecule has 1 aliphatic rings. The van der Waals surface area contributed by atoms with Crippen LogP contribution in [-0.2, 0) is 10.2 Å². The Hall–Kier alpha value is -3.25. The molecular formula is C28H41N7O4. The van der Waals surface area contributed by atoms with Gasteiger partial charge in [0.15, 0.2) is 11.9 Å². The molecule has 1 aliphatic heterocycles. The van der Waals surface area contributed by atoms with Gasteiger partial charge in [0.2, 0.25) is 0 Å². The molecule has 4 rings (SSSR count). The Morgan fingerprint density at radius 3 is 2.56 bits per heavy atom.